The minimum Gasteiger partial charge on any atom is -0.312 e. The zero-order valence-corrected chi connectivity index (χ0v) is 14.8. The molecule has 0 bridgehead atoms. The van der Waals surface area contributed by atoms with Gasteiger partial charge < -0.3 is 4.90 Å². The number of hydrogen-bond acceptors (Lipinski definition) is 3. The van der Waals surface area contributed by atoms with Crippen LogP contribution in [0.3, 0.4) is 0 Å². The van der Waals surface area contributed by atoms with Crippen molar-refractivity contribution in [1.29, 1.82) is 0 Å². The second-order valence-corrected chi connectivity index (χ2v) is 7.23. The van der Waals surface area contributed by atoms with Gasteiger partial charge in [-0.05, 0) is 42.2 Å². The summed E-state index contributed by atoms with van der Waals surface area (Å²) in [6.45, 7) is 2.67. The summed E-state index contributed by atoms with van der Waals surface area (Å²) < 4.78 is 0. The number of anilines is 1. The molecule has 1 unspecified atom stereocenters. The van der Waals surface area contributed by atoms with E-state index in [0.29, 0.717) is 12.3 Å². The van der Waals surface area contributed by atoms with Crippen LogP contribution in [0.1, 0.15) is 23.5 Å². The standard InChI is InChI=1S/C20H22ClN3O/c21-19-4-2-1-3-15(19)11-16-9-10-24(20(16)25)18-7-5-14(6-8-18)17-12-22-23-13-17/h1-8,16-17,22-23H,9-13H2. The number of benzene rings is 2. The molecule has 0 saturated carbocycles. The van der Waals surface area contributed by atoms with Gasteiger partial charge in [0.05, 0.1) is 0 Å². The molecule has 2 fully saturated rings. The monoisotopic (exact) mass is 355 g/mol. The second kappa shape index (κ2) is 7.16. The molecule has 2 heterocycles. The number of hydrazine groups is 1. The first-order chi connectivity index (χ1) is 12.2. The Balaban J connectivity index is 1.45. The largest absolute Gasteiger partial charge is 0.312 e. The Morgan fingerprint density at radius 2 is 1.76 bits per heavy atom. The van der Waals surface area contributed by atoms with E-state index in [1.165, 1.54) is 5.56 Å². The molecule has 0 aromatic heterocycles. The average Bonchev–Trinajstić information content (AvgIpc) is 3.28. The van der Waals surface area contributed by atoms with E-state index < -0.39 is 0 Å². The van der Waals surface area contributed by atoms with E-state index in [-0.39, 0.29) is 11.8 Å². The van der Waals surface area contributed by atoms with Crippen molar-refractivity contribution in [3.8, 4) is 0 Å². The predicted octanol–water partition coefficient (Wildman–Crippen LogP) is 3.13. The number of carbonyl (C=O) groups excluding carboxylic acids is 1. The topological polar surface area (TPSA) is 44.4 Å². The van der Waals surface area contributed by atoms with Gasteiger partial charge in [-0.1, -0.05) is 41.9 Å². The van der Waals surface area contributed by atoms with E-state index >= 15 is 0 Å². The van der Waals surface area contributed by atoms with E-state index in [9.17, 15) is 4.79 Å². The molecule has 25 heavy (non-hydrogen) atoms. The van der Waals surface area contributed by atoms with Crippen molar-refractivity contribution in [2.45, 2.75) is 18.8 Å². The molecule has 0 aliphatic carbocycles. The zero-order valence-electron chi connectivity index (χ0n) is 14.0. The molecule has 0 spiro atoms. The molecule has 1 atom stereocenters. The fraction of sp³-hybridized carbons (Fsp3) is 0.350. The second-order valence-electron chi connectivity index (χ2n) is 6.82. The van der Waals surface area contributed by atoms with Crippen molar-refractivity contribution in [2.75, 3.05) is 24.5 Å². The van der Waals surface area contributed by atoms with Gasteiger partial charge in [-0.3, -0.25) is 15.6 Å². The lowest BCUT2D eigenvalue weighted by molar-refractivity contribution is -0.120. The average molecular weight is 356 g/mol. The van der Waals surface area contributed by atoms with Crippen molar-refractivity contribution in [2.24, 2.45) is 5.92 Å². The van der Waals surface area contributed by atoms with E-state index in [0.717, 1.165) is 42.3 Å². The Hall–Kier alpha value is -1.88. The van der Waals surface area contributed by atoms with Crippen LogP contribution in [0.15, 0.2) is 48.5 Å². The van der Waals surface area contributed by atoms with Gasteiger partial charge in [-0.25, -0.2) is 0 Å². The molecule has 5 heteroatoms. The molecular formula is C20H22ClN3O. The SMILES string of the molecule is O=C1C(Cc2ccccc2Cl)CCN1c1ccc(C2CNNC2)cc1. The van der Waals surface area contributed by atoms with Crippen LogP contribution in [0.5, 0.6) is 0 Å². The first-order valence-electron chi connectivity index (χ1n) is 8.83. The molecular weight excluding hydrogens is 334 g/mol. The molecule has 4 nitrogen and oxygen atoms in total. The third-order valence-corrected chi connectivity index (χ3v) is 5.61. The summed E-state index contributed by atoms with van der Waals surface area (Å²) in [6.07, 6.45) is 1.59. The van der Waals surface area contributed by atoms with E-state index in [4.69, 9.17) is 11.6 Å². The molecule has 2 aliphatic rings. The Morgan fingerprint density at radius 3 is 2.48 bits per heavy atom. The molecule has 2 aromatic carbocycles. The number of amides is 1. The minimum atomic E-state index is 0.0165. The fourth-order valence-electron chi connectivity index (χ4n) is 3.74. The first kappa shape index (κ1) is 16.6. The Labute approximate surface area is 153 Å². The molecule has 0 radical (unpaired) electrons. The quantitative estimate of drug-likeness (QED) is 0.885. The van der Waals surface area contributed by atoms with Crippen LogP contribution in [0.25, 0.3) is 0 Å². The Bertz CT molecular complexity index is 756. The number of carbonyl (C=O) groups is 1. The maximum Gasteiger partial charge on any atom is 0.230 e. The molecule has 2 saturated heterocycles. The summed E-state index contributed by atoms with van der Waals surface area (Å²) in [7, 11) is 0. The number of nitrogens with one attached hydrogen (secondary N) is 2. The third kappa shape index (κ3) is 3.43. The van der Waals surface area contributed by atoms with Crippen molar-refractivity contribution in [3.05, 3.63) is 64.7 Å². The molecule has 4 rings (SSSR count). The number of halogens is 1. The summed E-state index contributed by atoms with van der Waals surface area (Å²) >= 11 is 6.25. The highest BCUT2D eigenvalue weighted by atomic mass is 35.5. The summed E-state index contributed by atoms with van der Waals surface area (Å²) in [5, 5.41) is 0.747. The number of hydrogen-bond donors (Lipinski definition) is 2. The highest BCUT2D eigenvalue weighted by Gasteiger charge is 2.32. The van der Waals surface area contributed by atoms with Crippen LogP contribution < -0.4 is 15.8 Å². The van der Waals surface area contributed by atoms with E-state index in [1.807, 2.05) is 29.2 Å². The third-order valence-electron chi connectivity index (χ3n) is 5.24. The normalized spacial score (nSPS) is 21.2. The van der Waals surface area contributed by atoms with E-state index in [1.54, 1.807) is 0 Å². The molecule has 2 N–H and O–H groups in total. The number of rotatable bonds is 4. The van der Waals surface area contributed by atoms with Crippen LogP contribution in [-0.4, -0.2) is 25.5 Å². The first-order valence-corrected chi connectivity index (χ1v) is 9.20. The number of nitrogens with zero attached hydrogens (tertiary/aromatic N) is 1. The minimum absolute atomic E-state index is 0.0165. The van der Waals surface area contributed by atoms with Gasteiger partial charge in [0.15, 0.2) is 0 Å². The molecule has 1 amide bonds. The van der Waals surface area contributed by atoms with Gasteiger partial charge >= 0.3 is 0 Å². The molecule has 130 valence electrons. The summed E-state index contributed by atoms with van der Waals surface area (Å²) in [5.74, 6) is 0.718. The lowest BCUT2D eigenvalue weighted by atomic mass is 9.98. The molecule has 2 aliphatic heterocycles. The summed E-state index contributed by atoms with van der Waals surface area (Å²) in [4.78, 5) is 14.7. The maximum absolute atomic E-state index is 12.8. The van der Waals surface area contributed by atoms with Crippen molar-refractivity contribution < 1.29 is 4.79 Å². The van der Waals surface area contributed by atoms with Crippen LogP contribution in [0.2, 0.25) is 5.02 Å². The van der Waals surface area contributed by atoms with Crippen molar-refractivity contribution in [1.82, 2.24) is 10.9 Å². The Morgan fingerprint density at radius 1 is 1.04 bits per heavy atom. The van der Waals surface area contributed by atoms with Crippen LogP contribution in [0, 0.1) is 5.92 Å². The van der Waals surface area contributed by atoms with Crippen molar-refractivity contribution >= 4 is 23.2 Å². The summed E-state index contributed by atoms with van der Waals surface area (Å²) in [6, 6.07) is 16.2. The van der Waals surface area contributed by atoms with Crippen LogP contribution in [-0.2, 0) is 11.2 Å². The van der Waals surface area contributed by atoms with Gasteiger partial charge in [0.1, 0.15) is 0 Å². The fourth-order valence-corrected chi connectivity index (χ4v) is 3.95. The predicted molar refractivity (Wildman–Crippen MR) is 101 cm³/mol. The maximum atomic E-state index is 12.8. The smallest absolute Gasteiger partial charge is 0.230 e. The summed E-state index contributed by atoms with van der Waals surface area (Å²) in [5.41, 5.74) is 9.67. The van der Waals surface area contributed by atoms with Crippen molar-refractivity contribution in [3.63, 3.8) is 0 Å². The Kier molecular flexibility index (Phi) is 4.75. The van der Waals surface area contributed by atoms with Gasteiger partial charge in [0, 0.05) is 42.2 Å². The van der Waals surface area contributed by atoms with Gasteiger partial charge in [-0.2, -0.15) is 0 Å². The highest BCUT2D eigenvalue weighted by Crippen LogP contribution is 2.30. The lowest BCUT2D eigenvalue weighted by Gasteiger charge is -2.18. The highest BCUT2D eigenvalue weighted by molar-refractivity contribution is 6.31. The van der Waals surface area contributed by atoms with Gasteiger partial charge in [0.2, 0.25) is 5.91 Å². The zero-order chi connectivity index (χ0) is 17.2. The molecule has 2 aromatic rings. The van der Waals surface area contributed by atoms with Gasteiger partial charge in [-0.15, -0.1) is 0 Å². The lowest BCUT2D eigenvalue weighted by Crippen LogP contribution is -2.27. The van der Waals surface area contributed by atoms with Gasteiger partial charge in [0.25, 0.3) is 0 Å². The van der Waals surface area contributed by atoms with E-state index in [2.05, 4.69) is 35.1 Å². The van der Waals surface area contributed by atoms with Crippen LogP contribution >= 0.6 is 11.6 Å². The van der Waals surface area contributed by atoms with Crippen LogP contribution in [0.4, 0.5) is 5.69 Å².